The summed E-state index contributed by atoms with van der Waals surface area (Å²) in [6, 6.07) is 0. The Morgan fingerprint density at radius 2 is 1.77 bits per heavy atom. The van der Waals surface area contributed by atoms with Gasteiger partial charge >= 0.3 is 0 Å². The number of rotatable bonds is 1. The predicted molar refractivity (Wildman–Crippen MR) is 52.4 cm³/mol. The van der Waals surface area contributed by atoms with Gasteiger partial charge in [-0.15, -0.1) is 0 Å². The predicted octanol–water partition coefficient (Wildman–Crippen LogP) is 2.17. The molecule has 2 N–H and O–H groups in total. The molecule has 0 aliphatic rings. The minimum Gasteiger partial charge on any atom is -0.448 e. The van der Waals surface area contributed by atoms with Gasteiger partial charge in [-0.25, -0.2) is 4.98 Å². The molecular formula is C10H18N2O. The van der Waals surface area contributed by atoms with Crippen molar-refractivity contribution < 1.29 is 4.42 Å². The molecule has 1 aromatic rings. The first-order valence-electron chi connectivity index (χ1n) is 4.46. The van der Waals surface area contributed by atoms with Crippen LogP contribution in [0.25, 0.3) is 0 Å². The third-order valence-electron chi connectivity index (χ3n) is 1.86. The maximum atomic E-state index is 5.98. The van der Waals surface area contributed by atoms with Gasteiger partial charge in [0.05, 0.1) is 5.54 Å². The lowest BCUT2D eigenvalue weighted by molar-refractivity contribution is 0.389. The van der Waals surface area contributed by atoms with Crippen molar-refractivity contribution in [2.45, 2.75) is 45.6 Å². The van der Waals surface area contributed by atoms with Gasteiger partial charge < -0.3 is 10.2 Å². The highest BCUT2D eigenvalue weighted by Gasteiger charge is 2.29. The molecule has 1 aromatic heterocycles. The van der Waals surface area contributed by atoms with E-state index < -0.39 is 5.54 Å². The zero-order valence-corrected chi connectivity index (χ0v) is 9.01. The second-order valence-electron chi connectivity index (χ2n) is 5.00. The number of hydrogen-bond acceptors (Lipinski definition) is 3. The normalized spacial score (nSPS) is 13.4. The van der Waals surface area contributed by atoms with E-state index in [-0.39, 0.29) is 5.41 Å². The summed E-state index contributed by atoms with van der Waals surface area (Å²) in [4.78, 5) is 4.16. The molecule has 0 unspecified atom stereocenters. The Hall–Kier alpha value is -0.830. The molecule has 0 radical (unpaired) electrons. The molecule has 0 aromatic carbocycles. The average molecular weight is 182 g/mol. The molecule has 0 aliphatic carbocycles. The largest absolute Gasteiger partial charge is 0.448 e. The minimum absolute atomic E-state index is 0.0392. The highest BCUT2D eigenvalue weighted by molar-refractivity contribution is 5.22. The van der Waals surface area contributed by atoms with Crippen molar-refractivity contribution in [2.24, 2.45) is 5.73 Å². The summed E-state index contributed by atoms with van der Waals surface area (Å²) >= 11 is 0. The lowest BCUT2D eigenvalue weighted by atomic mass is 9.87. The van der Waals surface area contributed by atoms with Crippen LogP contribution in [0, 0.1) is 0 Å². The fraction of sp³-hybridized carbons (Fsp3) is 0.700. The summed E-state index contributed by atoms with van der Waals surface area (Å²) in [5, 5.41) is 0. The summed E-state index contributed by atoms with van der Waals surface area (Å²) in [6.07, 6.45) is 1.46. The first-order chi connectivity index (χ1) is 5.73. The average Bonchev–Trinajstić information content (AvgIpc) is 2.27. The van der Waals surface area contributed by atoms with Crippen LogP contribution in [0.2, 0.25) is 0 Å². The van der Waals surface area contributed by atoms with Gasteiger partial charge in [-0.1, -0.05) is 20.8 Å². The highest BCUT2D eigenvalue weighted by atomic mass is 16.3. The van der Waals surface area contributed by atoms with Crippen LogP contribution >= 0.6 is 0 Å². The Balaban J connectivity index is 3.19. The molecule has 74 valence electrons. The molecule has 0 saturated heterocycles. The van der Waals surface area contributed by atoms with Crippen LogP contribution in [0.15, 0.2) is 10.8 Å². The standard InChI is InChI=1S/C10H18N2O/c1-9(2,3)8-7(10(4,5)11)12-6-13-8/h6H,11H2,1-5H3. The van der Waals surface area contributed by atoms with Gasteiger partial charge in [0.15, 0.2) is 6.39 Å². The van der Waals surface area contributed by atoms with Gasteiger partial charge in [0, 0.05) is 5.41 Å². The molecule has 0 amide bonds. The van der Waals surface area contributed by atoms with Crippen LogP contribution in [0.3, 0.4) is 0 Å². The molecule has 3 nitrogen and oxygen atoms in total. The van der Waals surface area contributed by atoms with Crippen molar-refractivity contribution in [1.82, 2.24) is 4.98 Å². The second-order valence-corrected chi connectivity index (χ2v) is 5.00. The van der Waals surface area contributed by atoms with E-state index in [0.29, 0.717) is 0 Å². The van der Waals surface area contributed by atoms with E-state index in [2.05, 4.69) is 25.8 Å². The van der Waals surface area contributed by atoms with Crippen LogP contribution < -0.4 is 5.73 Å². The number of nitrogens with zero attached hydrogens (tertiary/aromatic N) is 1. The topological polar surface area (TPSA) is 52.0 Å². The first-order valence-corrected chi connectivity index (χ1v) is 4.46. The monoisotopic (exact) mass is 182 g/mol. The second kappa shape index (κ2) is 2.84. The van der Waals surface area contributed by atoms with E-state index in [1.54, 1.807) is 0 Å². The molecular weight excluding hydrogens is 164 g/mol. The molecule has 0 atom stereocenters. The smallest absolute Gasteiger partial charge is 0.181 e. The molecule has 1 rings (SSSR count). The highest BCUT2D eigenvalue weighted by Crippen LogP contribution is 2.30. The summed E-state index contributed by atoms with van der Waals surface area (Å²) in [5.74, 6) is 0.875. The Bertz CT molecular complexity index is 260. The molecule has 0 spiro atoms. The number of oxazole rings is 1. The zero-order valence-electron chi connectivity index (χ0n) is 9.01. The Kier molecular flexibility index (Phi) is 2.24. The van der Waals surface area contributed by atoms with Crippen molar-refractivity contribution in [3.05, 3.63) is 17.8 Å². The van der Waals surface area contributed by atoms with E-state index in [1.807, 2.05) is 13.8 Å². The maximum absolute atomic E-state index is 5.98. The van der Waals surface area contributed by atoms with Crippen molar-refractivity contribution in [1.29, 1.82) is 0 Å². The number of nitrogens with two attached hydrogens (primary N) is 1. The molecule has 0 bridgehead atoms. The third-order valence-corrected chi connectivity index (χ3v) is 1.86. The van der Waals surface area contributed by atoms with Crippen LogP contribution in [-0.4, -0.2) is 4.98 Å². The molecule has 0 aliphatic heterocycles. The summed E-state index contributed by atoms with van der Waals surface area (Å²) in [5.41, 5.74) is 6.35. The number of hydrogen-bond donors (Lipinski definition) is 1. The van der Waals surface area contributed by atoms with Crippen LogP contribution in [0.4, 0.5) is 0 Å². The molecule has 0 saturated carbocycles. The Morgan fingerprint density at radius 3 is 2.08 bits per heavy atom. The van der Waals surface area contributed by atoms with E-state index in [9.17, 15) is 0 Å². The van der Waals surface area contributed by atoms with Gasteiger partial charge in [-0.05, 0) is 13.8 Å². The van der Waals surface area contributed by atoms with Gasteiger partial charge in [0.2, 0.25) is 0 Å². The lowest BCUT2D eigenvalue weighted by Gasteiger charge is -2.22. The summed E-state index contributed by atoms with van der Waals surface area (Å²) in [6.45, 7) is 10.1. The SMILES string of the molecule is CC(C)(C)c1ocnc1C(C)(C)N. The number of aromatic nitrogens is 1. The fourth-order valence-electron chi connectivity index (χ4n) is 1.24. The van der Waals surface area contributed by atoms with E-state index in [1.165, 1.54) is 6.39 Å². The van der Waals surface area contributed by atoms with Crippen LogP contribution in [0.5, 0.6) is 0 Å². The van der Waals surface area contributed by atoms with Crippen molar-refractivity contribution >= 4 is 0 Å². The Labute approximate surface area is 79.3 Å². The van der Waals surface area contributed by atoms with Gasteiger partial charge in [0.25, 0.3) is 0 Å². The molecule has 3 heteroatoms. The van der Waals surface area contributed by atoms with E-state index >= 15 is 0 Å². The minimum atomic E-state index is -0.435. The first kappa shape index (κ1) is 10.3. The lowest BCUT2D eigenvalue weighted by Crippen LogP contribution is -2.32. The van der Waals surface area contributed by atoms with E-state index in [0.717, 1.165) is 11.5 Å². The van der Waals surface area contributed by atoms with Crippen LogP contribution in [0.1, 0.15) is 46.1 Å². The quantitative estimate of drug-likeness (QED) is 0.724. The van der Waals surface area contributed by atoms with Crippen molar-refractivity contribution in [3.8, 4) is 0 Å². The van der Waals surface area contributed by atoms with Crippen molar-refractivity contribution in [3.63, 3.8) is 0 Å². The van der Waals surface area contributed by atoms with Crippen molar-refractivity contribution in [2.75, 3.05) is 0 Å². The zero-order chi connectivity index (χ0) is 10.3. The van der Waals surface area contributed by atoms with Gasteiger partial charge in [0.1, 0.15) is 11.5 Å². The van der Waals surface area contributed by atoms with Crippen LogP contribution in [-0.2, 0) is 11.0 Å². The maximum Gasteiger partial charge on any atom is 0.181 e. The molecule has 0 fully saturated rings. The summed E-state index contributed by atoms with van der Waals surface area (Å²) in [7, 11) is 0. The fourth-order valence-corrected chi connectivity index (χ4v) is 1.24. The van der Waals surface area contributed by atoms with Gasteiger partial charge in [-0.3, -0.25) is 0 Å². The summed E-state index contributed by atoms with van der Waals surface area (Å²) < 4.78 is 5.36. The molecule has 1 heterocycles. The van der Waals surface area contributed by atoms with Gasteiger partial charge in [-0.2, -0.15) is 0 Å². The Morgan fingerprint density at radius 1 is 1.23 bits per heavy atom. The third kappa shape index (κ3) is 2.10. The molecule has 13 heavy (non-hydrogen) atoms. The van der Waals surface area contributed by atoms with E-state index in [4.69, 9.17) is 10.2 Å².